The Hall–Kier alpha value is -2.02. The van der Waals surface area contributed by atoms with E-state index >= 15 is 0 Å². The molecule has 0 unspecified atom stereocenters. The first-order valence-corrected chi connectivity index (χ1v) is 7.47. The fourth-order valence-electron chi connectivity index (χ4n) is 3.09. The van der Waals surface area contributed by atoms with Crippen molar-refractivity contribution in [2.75, 3.05) is 13.1 Å². The van der Waals surface area contributed by atoms with Gasteiger partial charge in [0, 0.05) is 13.1 Å². The summed E-state index contributed by atoms with van der Waals surface area (Å²) in [6, 6.07) is 2.56. The number of hydrogen-bond donors (Lipinski definition) is 2. The van der Waals surface area contributed by atoms with Crippen molar-refractivity contribution in [3.63, 3.8) is 0 Å². The number of carboxylic acids is 1. The highest BCUT2D eigenvalue weighted by Crippen LogP contribution is 2.36. The zero-order valence-electron chi connectivity index (χ0n) is 12.8. The number of piperidine rings is 1. The van der Waals surface area contributed by atoms with Crippen LogP contribution in [0.3, 0.4) is 0 Å². The molecule has 1 fully saturated rings. The normalized spacial score (nSPS) is 24.5. The number of aliphatic carboxylic acids is 1. The van der Waals surface area contributed by atoms with E-state index in [-0.39, 0.29) is 25.9 Å². The third-order valence-corrected chi connectivity index (χ3v) is 4.35. The molecule has 1 aromatic carbocycles. The number of carboxylic acid groups (broad SMARTS) is 1. The summed E-state index contributed by atoms with van der Waals surface area (Å²) in [5, 5.41) is 19.7. The summed E-state index contributed by atoms with van der Waals surface area (Å²) in [5.41, 5.74) is -1.91. The van der Waals surface area contributed by atoms with Crippen molar-refractivity contribution in [1.82, 2.24) is 4.90 Å². The predicted octanol–water partition coefficient (Wildman–Crippen LogP) is 2.04. The summed E-state index contributed by atoms with van der Waals surface area (Å²) < 4.78 is 27.0. The molecule has 7 heteroatoms. The number of carbonyl (C=O) groups excluding carboxylic acids is 1. The van der Waals surface area contributed by atoms with Crippen LogP contribution in [0.4, 0.5) is 8.78 Å². The van der Waals surface area contributed by atoms with E-state index in [1.165, 1.54) is 4.90 Å². The van der Waals surface area contributed by atoms with Crippen LogP contribution in [0.2, 0.25) is 0 Å². The third kappa shape index (κ3) is 3.19. The Morgan fingerprint density at radius 3 is 2.70 bits per heavy atom. The zero-order chi connectivity index (χ0) is 17.2. The van der Waals surface area contributed by atoms with Crippen LogP contribution in [0.5, 0.6) is 0 Å². The minimum absolute atomic E-state index is 0.0783. The van der Waals surface area contributed by atoms with Gasteiger partial charge in [0.15, 0.2) is 0 Å². The number of nitrogens with zero attached hydrogens (tertiary/aromatic N) is 1. The lowest BCUT2D eigenvalue weighted by atomic mass is 9.74. The van der Waals surface area contributed by atoms with Gasteiger partial charge in [-0.2, -0.15) is 0 Å². The molecule has 0 bridgehead atoms. The molecule has 0 radical (unpaired) electrons. The van der Waals surface area contributed by atoms with Crippen molar-refractivity contribution in [3.8, 4) is 0 Å². The van der Waals surface area contributed by atoms with Gasteiger partial charge in [-0.05, 0) is 31.0 Å². The molecule has 1 aliphatic rings. The van der Waals surface area contributed by atoms with Crippen LogP contribution in [0.1, 0.15) is 36.5 Å². The van der Waals surface area contributed by atoms with Crippen molar-refractivity contribution in [1.29, 1.82) is 0 Å². The number of rotatable bonds is 4. The average molecular weight is 327 g/mol. The smallest absolute Gasteiger partial charge is 0.314 e. The molecule has 2 atom stereocenters. The van der Waals surface area contributed by atoms with Gasteiger partial charge < -0.3 is 15.1 Å². The molecule has 0 aliphatic carbocycles. The number of benzene rings is 1. The van der Waals surface area contributed by atoms with Crippen LogP contribution in [0, 0.1) is 17.0 Å². The summed E-state index contributed by atoms with van der Waals surface area (Å²) in [4.78, 5) is 25.3. The fourth-order valence-corrected chi connectivity index (χ4v) is 3.09. The summed E-state index contributed by atoms with van der Waals surface area (Å²) >= 11 is 0. The van der Waals surface area contributed by atoms with E-state index in [4.69, 9.17) is 0 Å². The number of aliphatic hydroxyl groups excluding tert-OH is 1. The summed E-state index contributed by atoms with van der Waals surface area (Å²) in [7, 11) is 0. The molecular weight excluding hydrogens is 308 g/mol. The van der Waals surface area contributed by atoms with Gasteiger partial charge in [0.05, 0.1) is 11.7 Å². The van der Waals surface area contributed by atoms with Crippen LogP contribution in [0.15, 0.2) is 18.2 Å². The molecule has 0 spiro atoms. The molecule has 5 nitrogen and oxygen atoms in total. The Bertz CT molecular complexity index is 622. The quantitative estimate of drug-likeness (QED) is 0.887. The standard InChI is InChI=1S/C16H19F2NO4/c1-2-6-16(15(22)23)9-19(7-5-13(16)20)14(21)11-8-10(17)3-4-12(11)18/h3-4,8,13,20H,2,5-7,9H2,1H3,(H,22,23)/t13-,16-/m1/s1. The summed E-state index contributed by atoms with van der Waals surface area (Å²) in [6.07, 6.45) is -0.297. The first kappa shape index (κ1) is 17.3. The van der Waals surface area contributed by atoms with Crippen molar-refractivity contribution >= 4 is 11.9 Å². The lowest BCUT2D eigenvalue weighted by Gasteiger charge is -2.43. The van der Waals surface area contributed by atoms with Crippen molar-refractivity contribution in [2.45, 2.75) is 32.3 Å². The van der Waals surface area contributed by atoms with Gasteiger partial charge in [-0.15, -0.1) is 0 Å². The Balaban J connectivity index is 2.32. The SMILES string of the molecule is CCC[C@@]1(C(=O)O)CN(C(=O)c2cc(F)ccc2F)CC[C@H]1O. The number of halogens is 2. The van der Waals surface area contributed by atoms with E-state index in [0.717, 1.165) is 18.2 Å². The maximum Gasteiger partial charge on any atom is 0.314 e. The molecule has 1 aromatic rings. The average Bonchev–Trinajstić information content (AvgIpc) is 2.51. The lowest BCUT2D eigenvalue weighted by molar-refractivity contribution is -0.162. The van der Waals surface area contributed by atoms with Crippen LogP contribution >= 0.6 is 0 Å². The van der Waals surface area contributed by atoms with Gasteiger partial charge in [-0.3, -0.25) is 9.59 Å². The van der Waals surface area contributed by atoms with Gasteiger partial charge in [-0.25, -0.2) is 8.78 Å². The molecule has 23 heavy (non-hydrogen) atoms. The number of hydrogen-bond acceptors (Lipinski definition) is 3. The minimum Gasteiger partial charge on any atom is -0.481 e. The molecule has 1 saturated heterocycles. The van der Waals surface area contributed by atoms with E-state index < -0.39 is 40.6 Å². The van der Waals surface area contributed by atoms with Crippen LogP contribution in [-0.4, -0.2) is 46.2 Å². The molecule has 0 aromatic heterocycles. The van der Waals surface area contributed by atoms with Gasteiger partial charge in [0.2, 0.25) is 0 Å². The Labute approximate surface area is 132 Å². The van der Waals surface area contributed by atoms with Crippen molar-refractivity contribution < 1.29 is 28.6 Å². The predicted molar refractivity (Wildman–Crippen MR) is 77.9 cm³/mol. The fraction of sp³-hybridized carbons (Fsp3) is 0.500. The zero-order valence-corrected chi connectivity index (χ0v) is 12.8. The second kappa shape index (κ2) is 6.62. The molecule has 126 valence electrons. The molecule has 2 rings (SSSR count). The topological polar surface area (TPSA) is 77.8 Å². The maximum absolute atomic E-state index is 13.8. The van der Waals surface area contributed by atoms with Gasteiger partial charge >= 0.3 is 5.97 Å². The first-order valence-electron chi connectivity index (χ1n) is 7.47. The van der Waals surface area contributed by atoms with E-state index in [0.29, 0.717) is 6.42 Å². The number of amides is 1. The Morgan fingerprint density at radius 1 is 1.39 bits per heavy atom. The Morgan fingerprint density at radius 2 is 2.09 bits per heavy atom. The van der Waals surface area contributed by atoms with Gasteiger partial charge in [-0.1, -0.05) is 13.3 Å². The van der Waals surface area contributed by atoms with Crippen LogP contribution in [-0.2, 0) is 4.79 Å². The largest absolute Gasteiger partial charge is 0.481 e. The number of aliphatic hydroxyl groups is 1. The van der Waals surface area contributed by atoms with E-state index in [2.05, 4.69) is 0 Å². The number of carbonyl (C=O) groups is 2. The highest BCUT2D eigenvalue weighted by Gasteiger charge is 2.49. The molecule has 0 saturated carbocycles. The van der Waals surface area contributed by atoms with E-state index in [1.807, 2.05) is 0 Å². The number of likely N-dealkylation sites (tertiary alicyclic amines) is 1. The highest BCUT2D eigenvalue weighted by atomic mass is 19.1. The molecule has 1 aliphatic heterocycles. The maximum atomic E-state index is 13.8. The Kier molecular flexibility index (Phi) is 4.99. The molecule has 1 amide bonds. The van der Waals surface area contributed by atoms with Crippen LogP contribution < -0.4 is 0 Å². The summed E-state index contributed by atoms with van der Waals surface area (Å²) in [6.45, 7) is 1.64. The minimum atomic E-state index is -1.48. The highest BCUT2D eigenvalue weighted by molar-refractivity contribution is 5.95. The van der Waals surface area contributed by atoms with E-state index in [9.17, 15) is 28.6 Å². The second-order valence-corrected chi connectivity index (χ2v) is 5.87. The van der Waals surface area contributed by atoms with Gasteiger partial charge in [0.25, 0.3) is 5.91 Å². The molecular formula is C16H19F2NO4. The van der Waals surface area contributed by atoms with Crippen molar-refractivity contribution in [2.24, 2.45) is 5.41 Å². The monoisotopic (exact) mass is 327 g/mol. The lowest BCUT2D eigenvalue weighted by Crippen LogP contribution is -2.57. The van der Waals surface area contributed by atoms with Gasteiger partial charge in [0.1, 0.15) is 17.0 Å². The second-order valence-electron chi connectivity index (χ2n) is 5.87. The third-order valence-electron chi connectivity index (χ3n) is 4.35. The first-order chi connectivity index (χ1) is 10.8. The van der Waals surface area contributed by atoms with Crippen LogP contribution in [0.25, 0.3) is 0 Å². The summed E-state index contributed by atoms with van der Waals surface area (Å²) in [5.74, 6) is -3.57. The molecule has 2 N–H and O–H groups in total. The molecule has 1 heterocycles. The van der Waals surface area contributed by atoms with Crippen molar-refractivity contribution in [3.05, 3.63) is 35.4 Å². The van der Waals surface area contributed by atoms with E-state index in [1.54, 1.807) is 6.92 Å².